The Morgan fingerprint density at radius 1 is 0.886 bits per heavy atom. The molecule has 3 rings (SSSR count). The van der Waals surface area contributed by atoms with E-state index in [1.165, 1.54) is 94.1 Å². The number of carbonyl (C=O) groups is 2. The fourth-order valence-corrected chi connectivity index (χ4v) is 6.35. The number of Topliss-reactive ketones (excluding diaryl/α,β-unsaturated/α-hetero) is 1. The summed E-state index contributed by atoms with van der Waals surface area (Å²) in [5.41, 5.74) is 4.16. The third kappa shape index (κ3) is 9.00. The van der Waals surface area contributed by atoms with E-state index in [1.54, 1.807) is 0 Å². The van der Waals surface area contributed by atoms with Crippen LogP contribution in [0, 0.1) is 0 Å². The number of allylic oxidation sites excluding steroid dienone is 2. The van der Waals surface area contributed by atoms with Gasteiger partial charge in [-0.05, 0) is 55.9 Å². The maximum Gasteiger partial charge on any atom is 0.224 e. The lowest BCUT2D eigenvalue weighted by atomic mass is 9.98. The number of carbonyl (C=O) groups excluding carboxylic acids is 2. The molecule has 2 aliphatic heterocycles. The summed E-state index contributed by atoms with van der Waals surface area (Å²) in [6, 6.07) is 5.77. The van der Waals surface area contributed by atoms with E-state index in [9.17, 15) is 9.59 Å². The second-order valence-corrected chi connectivity index (χ2v) is 11.3. The predicted octanol–water partition coefficient (Wildman–Crippen LogP) is 8.47. The Labute approximate surface area is 217 Å². The van der Waals surface area contributed by atoms with Crippen molar-refractivity contribution in [3.05, 3.63) is 39.9 Å². The lowest BCUT2D eigenvalue weighted by Gasteiger charge is -2.22. The van der Waals surface area contributed by atoms with Crippen molar-refractivity contribution in [2.24, 2.45) is 0 Å². The summed E-state index contributed by atoms with van der Waals surface area (Å²) < 4.78 is 0. The van der Waals surface area contributed by atoms with Gasteiger partial charge in [-0.1, -0.05) is 78.1 Å². The second-order valence-electron chi connectivity index (χ2n) is 10.2. The first-order chi connectivity index (χ1) is 17.1. The van der Waals surface area contributed by atoms with Crippen molar-refractivity contribution in [3.8, 4) is 0 Å². The minimum Gasteiger partial charge on any atom is -0.357 e. The molecule has 0 atom stereocenters. The number of amides is 1. The number of unbranched alkanes of at least 4 members (excludes halogenated alkanes) is 10. The number of ketones is 1. The van der Waals surface area contributed by atoms with Crippen molar-refractivity contribution in [3.63, 3.8) is 0 Å². The average molecular weight is 499 g/mol. The maximum atomic E-state index is 13.3. The zero-order chi connectivity index (χ0) is 24.9. The summed E-state index contributed by atoms with van der Waals surface area (Å²) in [5, 5.41) is 2.92. The Hall–Kier alpha value is -1.75. The van der Waals surface area contributed by atoms with Gasteiger partial charge in [-0.3, -0.25) is 9.59 Å². The van der Waals surface area contributed by atoms with E-state index in [1.807, 2.05) is 30.0 Å². The van der Waals surface area contributed by atoms with Crippen LogP contribution in [0.4, 0.5) is 5.69 Å². The van der Waals surface area contributed by atoms with Crippen molar-refractivity contribution in [1.82, 2.24) is 4.90 Å². The first kappa shape index (κ1) is 27.8. The van der Waals surface area contributed by atoms with Gasteiger partial charge in [0.15, 0.2) is 5.78 Å². The van der Waals surface area contributed by atoms with Crippen LogP contribution in [-0.2, 0) is 11.2 Å². The van der Waals surface area contributed by atoms with E-state index in [4.69, 9.17) is 0 Å². The van der Waals surface area contributed by atoms with Crippen molar-refractivity contribution >= 4 is 29.1 Å². The van der Waals surface area contributed by atoms with Gasteiger partial charge in [0.25, 0.3) is 0 Å². The fourth-order valence-electron chi connectivity index (χ4n) is 5.11. The van der Waals surface area contributed by atoms with Crippen LogP contribution in [0.25, 0.3) is 0 Å². The normalized spacial score (nSPS) is 15.5. The van der Waals surface area contributed by atoms with Gasteiger partial charge in [-0.25, -0.2) is 0 Å². The van der Waals surface area contributed by atoms with E-state index < -0.39 is 0 Å². The molecule has 2 heterocycles. The van der Waals surface area contributed by atoms with Crippen molar-refractivity contribution in [2.75, 3.05) is 17.7 Å². The van der Waals surface area contributed by atoms with Gasteiger partial charge in [0.2, 0.25) is 5.91 Å². The van der Waals surface area contributed by atoms with E-state index in [0.29, 0.717) is 19.4 Å². The predicted molar refractivity (Wildman–Crippen MR) is 150 cm³/mol. The number of rotatable bonds is 17. The van der Waals surface area contributed by atoms with Gasteiger partial charge in [-0.2, -0.15) is 0 Å². The number of hydrogen-bond acceptors (Lipinski definition) is 4. The van der Waals surface area contributed by atoms with Crippen LogP contribution in [0.2, 0.25) is 0 Å². The van der Waals surface area contributed by atoms with Crippen molar-refractivity contribution < 1.29 is 9.59 Å². The monoisotopic (exact) mass is 498 g/mol. The highest BCUT2D eigenvalue weighted by molar-refractivity contribution is 8.03. The van der Waals surface area contributed by atoms with Gasteiger partial charge < -0.3 is 10.2 Å². The zero-order valence-corrected chi connectivity index (χ0v) is 22.9. The van der Waals surface area contributed by atoms with Crippen LogP contribution in [0.1, 0.15) is 126 Å². The van der Waals surface area contributed by atoms with Gasteiger partial charge in [-0.15, -0.1) is 11.8 Å². The van der Waals surface area contributed by atoms with Gasteiger partial charge in [0.05, 0.1) is 12.4 Å². The number of aryl methyl sites for hydroxylation is 1. The molecule has 35 heavy (non-hydrogen) atoms. The standard InChI is InChI=1S/C30H46N2O2S/c1-3-5-7-9-11-13-15-27-29(16-14-12-10-8-6-4-2)35-23-32(27)22-28(33)25-17-19-26-24(21-25)18-20-30(34)31-26/h17,19,21H,3-16,18,20,22-23H2,1-2H3,(H,31,34). The van der Waals surface area contributed by atoms with Crippen LogP contribution in [0.3, 0.4) is 0 Å². The summed E-state index contributed by atoms with van der Waals surface area (Å²) in [7, 11) is 0. The average Bonchev–Trinajstić information content (AvgIpc) is 3.24. The van der Waals surface area contributed by atoms with Gasteiger partial charge in [0, 0.05) is 28.3 Å². The maximum absolute atomic E-state index is 13.3. The van der Waals surface area contributed by atoms with Crippen molar-refractivity contribution in [1.29, 1.82) is 0 Å². The lowest BCUT2D eigenvalue weighted by Crippen LogP contribution is -2.27. The molecule has 0 aliphatic carbocycles. The Kier molecular flexibility index (Phi) is 12.2. The zero-order valence-electron chi connectivity index (χ0n) is 22.1. The smallest absolute Gasteiger partial charge is 0.224 e. The lowest BCUT2D eigenvalue weighted by molar-refractivity contribution is -0.116. The molecule has 1 aromatic carbocycles. The fraction of sp³-hybridized carbons (Fsp3) is 0.667. The quantitative estimate of drug-likeness (QED) is 0.173. The minimum absolute atomic E-state index is 0.0630. The van der Waals surface area contributed by atoms with Crippen LogP contribution in [-0.4, -0.2) is 29.0 Å². The highest BCUT2D eigenvalue weighted by atomic mass is 32.2. The first-order valence-electron chi connectivity index (χ1n) is 14.2. The highest BCUT2D eigenvalue weighted by Crippen LogP contribution is 2.38. The summed E-state index contributed by atoms with van der Waals surface area (Å²) in [6.45, 7) is 5.00. The molecule has 0 bridgehead atoms. The van der Waals surface area contributed by atoms with E-state index in [-0.39, 0.29) is 11.7 Å². The molecule has 0 radical (unpaired) electrons. The first-order valence-corrected chi connectivity index (χ1v) is 15.2. The Bertz CT molecular complexity index is 864. The molecular weight excluding hydrogens is 452 g/mol. The number of nitrogens with zero attached hydrogens (tertiary/aromatic N) is 1. The summed E-state index contributed by atoms with van der Waals surface area (Å²) in [4.78, 5) is 28.8. The third-order valence-electron chi connectivity index (χ3n) is 7.28. The topological polar surface area (TPSA) is 49.4 Å². The molecular formula is C30H46N2O2S. The molecule has 1 amide bonds. The van der Waals surface area contributed by atoms with Crippen LogP contribution in [0.5, 0.6) is 0 Å². The summed E-state index contributed by atoms with van der Waals surface area (Å²) in [6.07, 6.45) is 19.2. The van der Waals surface area contributed by atoms with Crippen LogP contribution in [0.15, 0.2) is 28.8 Å². The number of fused-ring (bicyclic) bond motifs is 1. The number of hydrogen-bond donors (Lipinski definition) is 1. The Morgan fingerprint density at radius 2 is 1.54 bits per heavy atom. The Balaban J connectivity index is 1.59. The van der Waals surface area contributed by atoms with Crippen LogP contribution >= 0.6 is 11.8 Å². The Morgan fingerprint density at radius 3 is 2.26 bits per heavy atom. The van der Waals surface area contributed by atoms with Crippen LogP contribution < -0.4 is 5.32 Å². The number of thioether (sulfide) groups is 1. The SMILES string of the molecule is CCCCCCCCC1=C(CCCCCCCC)N(CC(=O)c2ccc3c(c2)CCC(=O)N3)CS1. The molecule has 2 aliphatic rings. The highest BCUT2D eigenvalue weighted by Gasteiger charge is 2.25. The summed E-state index contributed by atoms with van der Waals surface area (Å²) >= 11 is 1.96. The van der Waals surface area contributed by atoms with E-state index >= 15 is 0 Å². The second kappa shape index (κ2) is 15.4. The number of nitrogens with one attached hydrogen (secondary N) is 1. The molecule has 0 saturated carbocycles. The molecule has 1 N–H and O–H groups in total. The summed E-state index contributed by atoms with van der Waals surface area (Å²) in [5.74, 6) is 1.16. The molecule has 4 nitrogen and oxygen atoms in total. The molecule has 194 valence electrons. The third-order valence-corrected chi connectivity index (χ3v) is 8.51. The van der Waals surface area contributed by atoms with Gasteiger partial charge in [0.1, 0.15) is 0 Å². The largest absolute Gasteiger partial charge is 0.357 e. The number of anilines is 1. The van der Waals surface area contributed by atoms with E-state index in [2.05, 4.69) is 24.1 Å². The molecule has 0 unspecified atom stereocenters. The van der Waals surface area contributed by atoms with E-state index in [0.717, 1.165) is 29.1 Å². The molecule has 0 aromatic heterocycles. The van der Waals surface area contributed by atoms with Gasteiger partial charge >= 0.3 is 0 Å². The molecule has 0 spiro atoms. The van der Waals surface area contributed by atoms with Crippen molar-refractivity contribution in [2.45, 2.75) is 117 Å². The molecule has 0 fully saturated rings. The minimum atomic E-state index is 0.0630. The molecule has 5 heteroatoms. The number of benzene rings is 1. The molecule has 0 saturated heterocycles. The molecule has 1 aromatic rings.